The van der Waals surface area contributed by atoms with Crippen LogP contribution in [0.25, 0.3) is 22.3 Å². The van der Waals surface area contributed by atoms with E-state index in [1.165, 1.54) is 31.6 Å². The molecule has 2 aliphatic heterocycles. The minimum Gasteiger partial charge on any atom is -0.373 e. The largest absolute Gasteiger partial charge is 0.373 e. The summed E-state index contributed by atoms with van der Waals surface area (Å²) in [6.45, 7) is 10.9. The van der Waals surface area contributed by atoms with E-state index in [9.17, 15) is 5.11 Å². The maximum Gasteiger partial charge on any atom is 0.158 e. The molecule has 3 aromatic heterocycles. The van der Waals surface area contributed by atoms with Gasteiger partial charge in [0.05, 0.1) is 23.6 Å². The van der Waals surface area contributed by atoms with E-state index in [1.807, 2.05) is 26.0 Å². The van der Waals surface area contributed by atoms with E-state index >= 15 is 0 Å². The number of aliphatic hydroxyl groups is 1. The molecule has 5 heterocycles. The summed E-state index contributed by atoms with van der Waals surface area (Å²) in [6.07, 6.45) is 6.08. The maximum absolute atomic E-state index is 10.5. The van der Waals surface area contributed by atoms with Crippen LogP contribution in [0.4, 0.5) is 23.0 Å². The van der Waals surface area contributed by atoms with Gasteiger partial charge in [0.25, 0.3) is 0 Å². The molecule has 2 fully saturated rings. The van der Waals surface area contributed by atoms with Crippen LogP contribution in [0.1, 0.15) is 38.6 Å². The Morgan fingerprint density at radius 1 is 0.976 bits per heavy atom. The fraction of sp³-hybridized carbons (Fsp3) is 0.467. The van der Waals surface area contributed by atoms with Crippen molar-refractivity contribution in [2.75, 3.05) is 61.8 Å². The molecule has 6 N–H and O–H groups in total. The standard InChI is InChI=1S/C30H41N11O/c1-19(2)35-29-26(23-16-32-17-24-25(23)34-18-33-24)37-27(28(31)42)30(38-29)36-20-4-6-21(7-5-20)40-10-8-22(9-11-40)41-14-12-39(3)13-15-41/h4-7,16-19,22,28,42H,8-15,31H2,1-3H3,(H,33,34)(H2,35,36,38). The Balaban J connectivity index is 1.21. The van der Waals surface area contributed by atoms with E-state index in [1.54, 1.807) is 18.7 Å². The molecule has 42 heavy (non-hydrogen) atoms. The van der Waals surface area contributed by atoms with Crippen molar-refractivity contribution in [1.29, 1.82) is 0 Å². The van der Waals surface area contributed by atoms with Gasteiger partial charge in [-0.25, -0.2) is 15.0 Å². The van der Waals surface area contributed by atoms with Gasteiger partial charge in [0.15, 0.2) is 11.6 Å². The molecule has 2 aliphatic rings. The van der Waals surface area contributed by atoms with Crippen molar-refractivity contribution in [2.24, 2.45) is 5.73 Å². The van der Waals surface area contributed by atoms with Gasteiger partial charge in [-0.2, -0.15) is 0 Å². The van der Waals surface area contributed by atoms with Gasteiger partial charge < -0.3 is 36.3 Å². The summed E-state index contributed by atoms with van der Waals surface area (Å²) in [6, 6.07) is 9.11. The van der Waals surface area contributed by atoms with Crippen molar-refractivity contribution in [3.8, 4) is 11.3 Å². The highest BCUT2D eigenvalue weighted by atomic mass is 16.3. The third-order valence-corrected chi connectivity index (χ3v) is 8.23. The molecule has 2 saturated heterocycles. The molecular weight excluding hydrogens is 530 g/mol. The molecular formula is C30H41N11O. The number of nitrogens with two attached hydrogens (primary N) is 1. The number of aromatic amines is 1. The minimum atomic E-state index is -1.33. The summed E-state index contributed by atoms with van der Waals surface area (Å²) in [5, 5.41) is 17.2. The Labute approximate surface area is 246 Å². The van der Waals surface area contributed by atoms with Gasteiger partial charge >= 0.3 is 0 Å². The Morgan fingerprint density at radius 3 is 2.40 bits per heavy atom. The number of hydrogen-bond acceptors (Lipinski definition) is 11. The van der Waals surface area contributed by atoms with Crippen LogP contribution in [0.3, 0.4) is 0 Å². The number of anilines is 4. The zero-order chi connectivity index (χ0) is 29.2. The third-order valence-electron chi connectivity index (χ3n) is 8.23. The number of aliphatic hydroxyl groups excluding tert-OH is 1. The van der Waals surface area contributed by atoms with Crippen LogP contribution in [0, 0.1) is 0 Å². The number of rotatable bonds is 8. The average Bonchev–Trinajstić information content (AvgIpc) is 3.47. The lowest BCUT2D eigenvalue weighted by Gasteiger charge is -2.42. The van der Waals surface area contributed by atoms with Gasteiger partial charge in [-0.3, -0.25) is 9.88 Å². The molecule has 1 unspecified atom stereocenters. The van der Waals surface area contributed by atoms with Crippen LogP contribution < -0.4 is 21.3 Å². The van der Waals surface area contributed by atoms with E-state index in [-0.39, 0.29) is 11.7 Å². The molecule has 12 heteroatoms. The quantitative estimate of drug-likeness (QED) is 0.199. The molecule has 0 saturated carbocycles. The zero-order valence-corrected chi connectivity index (χ0v) is 24.6. The molecule has 0 bridgehead atoms. The molecule has 0 aliphatic carbocycles. The Morgan fingerprint density at radius 2 is 1.71 bits per heavy atom. The van der Waals surface area contributed by atoms with E-state index in [2.05, 4.69) is 59.5 Å². The van der Waals surface area contributed by atoms with E-state index in [4.69, 9.17) is 15.7 Å². The van der Waals surface area contributed by atoms with Crippen molar-refractivity contribution < 1.29 is 5.11 Å². The summed E-state index contributed by atoms with van der Waals surface area (Å²) < 4.78 is 0. The van der Waals surface area contributed by atoms with Crippen molar-refractivity contribution in [1.82, 2.24) is 34.7 Å². The summed E-state index contributed by atoms with van der Waals surface area (Å²) >= 11 is 0. The van der Waals surface area contributed by atoms with Gasteiger partial charge in [0.1, 0.15) is 23.1 Å². The summed E-state index contributed by atoms with van der Waals surface area (Å²) in [7, 11) is 2.21. The highest BCUT2D eigenvalue weighted by Crippen LogP contribution is 2.34. The zero-order valence-electron chi connectivity index (χ0n) is 24.6. The monoisotopic (exact) mass is 571 g/mol. The number of piperazine rings is 1. The smallest absolute Gasteiger partial charge is 0.158 e. The lowest BCUT2D eigenvalue weighted by atomic mass is 10.0. The van der Waals surface area contributed by atoms with Crippen molar-refractivity contribution >= 4 is 34.0 Å². The number of piperidine rings is 1. The fourth-order valence-corrected chi connectivity index (χ4v) is 5.92. The van der Waals surface area contributed by atoms with Crippen molar-refractivity contribution in [3.63, 3.8) is 0 Å². The normalized spacial score (nSPS) is 18.1. The first-order chi connectivity index (χ1) is 20.4. The number of nitrogens with one attached hydrogen (secondary N) is 3. The summed E-state index contributed by atoms with van der Waals surface area (Å²) in [5.41, 5.74) is 11.0. The summed E-state index contributed by atoms with van der Waals surface area (Å²) in [5.74, 6) is 0.939. The molecule has 1 aromatic carbocycles. The van der Waals surface area contributed by atoms with Crippen LogP contribution in [0.2, 0.25) is 0 Å². The summed E-state index contributed by atoms with van der Waals surface area (Å²) in [4.78, 5) is 29.1. The number of nitrogens with zero attached hydrogens (tertiary/aromatic N) is 7. The lowest BCUT2D eigenvalue weighted by Crippen LogP contribution is -2.52. The lowest BCUT2D eigenvalue weighted by molar-refractivity contribution is 0.0982. The Bertz CT molecular complexity index is 1490. The predicted octanol–water partition coefficient (Wildman–Crippen LogP) is 3.14. The molecule has 0 spiro atoms. The molecule has 0 amide bonds. The topological polar surface area (TPSA) is 147 Å². The van der Waals surface area contributed by atoms with E-state index in [0.29, 0.717) is 34.5 Å². The molecule has 6 rings (SSSR count). The Hall–Kier alpha value is -3.84. The number of benzene rings is 1. The molecule has 222 valence electrons. The SMILES string of the molecule is CC(C)Nc1nc(Nc2ccc(N3CCC(N4CCN(C)CC4)CC3)cc2)c(C(N)O)nc1-c1cncc2[nH]cnc12. The second kappa shape index (κ2) is 12.2. The number of H-pyrrole nitrogens is 1. The first-order valence-corrected chi connectivity index (χ1v) is 14.8. The number of pyridine rings is 1. The van der Waals surface area contributed by atoms with Crippen molar-refractivity contribution in [2.45, 2.75) is 45.0 Å². The second-order valence-corrected chi connectivity index (χ2v) is 11.6. The highest BCUT2D eigenvalue weighted by molar-refractivity contribution is 5.93. The number of aromatic nitrogens is 5. The first-order valence-electron chi connectivity index (χ1n) is 14.8. The van der Waals surface area contributed by atoms with Crippen LogP contribution in [0.5, 0.6) is 0 Å². The highest BCUT2D eigenvalue weighted by Gasteiger charge is 2.27. The number of hydrogen-bond donors (Lipinski definition) is 5. The fourth-order valence-electron chi connectivity index (χ4n) is 5.92. The van der Waals surface area contributed by atoms with Crippen LogP contribution in [-0.2, 0) is 0 Å². The average molecular weight is 572 g/mol. The molecule has 4 aromatic rings. The first kappa shape index (κ1) is 28.3. The van der Waals surface area contributed by atoms with Crippen molar-refractivity contribution in [3.05, 3.63) is 48.7 Å². The van der Waals surface area contributed by atoms with Gasteiger partial charge in [0, 0.05) is 68.9 Å². The Kier molecular flexibility index (Phi) is 8.20. The van der Waals surface area contributed by atoms with Gasteiger partial charge in [-0.15, -0.1) is 0 Å². The second-order valence-electron chi connectivity index (χ2n) is 11.6. The molecule has 1 atom stereocenters. The van der Waals surface area contributed by atoms with Gasteiger partial charge in [0.2, 0.25) is 0 Å². The predicted molar refractivity (Wildman–Crippen MR) is 167 cm³/mol. The minimum absolute atomic E-state index is 0.0885. The molecule has 0 radical (unpaired) electrons. The van der Waals surface area contributed by atoms with E-state index in [0.717, 1.165) is 37.4 Å². The van der Waals surface area contributed by atoms with Crippen LogP contribution in [-0.4, -0.2) is 98.2 Å². The maximum atomic E-state index is 10.5. The number of fused-ring (bicyclic) bond motifs is 1. The third kappa shape index (κ3) is 6.02. The van der Waals surface area contributed by atoms with Crippen LogP contribution >= 0.6 is 0 Å². The molecule has 12 nitrogen and oxygen atoms in total. The van der Waals surface area contributed by atoms with Crippen LogP contribution in [0.15, 0.2) is 43.0 Å². The van der Waals surface area contributed by atoms with E-state index < -0.39 is 6.23 Å². The number of likely N-dealkylation sites (N-methyl/N-ethyl adjacent to an activating group) is 1. The van der Waals surface area contributed by atoms with Gasteiger partial charge in [-0.1, -0.05) is 0 Å². The van der Waals surface area contributed by atoms with Gasteiger partial charge in [-0.05, 0) is 58.0 Å². The number of imidazole rings is 1.